The molecule has 0 unspecified atom stereocenters. The van der Waals surface area contributed by atoms with Crippen LogP contribution in [0.3, 0.4) is 0 Å². The van der Waals surface area contributed by atoms with E-state index in [0.717, 1.165) is 24.8 Å². The molecule has 0 radical (unpaired) electrons. The average Bonchev–Trinajstić information content (AvgIpc) is 2.71. The van der Waals surface area contributed by atoms with Crippen LogP contribution in [0, 0.1) is 5.92 Å². The number of nitrogens with zero attached hydrogens (tertiary/aromatic N) is 2. The highest BCUT2D eigenvalue weighted by Gasteiger charge is 2.26. The van der Waals surface area contributed by atoms with Crippen molar-refractivity contribution in [3.8, 4) is 0 Å². The summed E-state index contributed by atoms with van der Waals surface area (Å²) in [5, 5.41) is 2.99. The van der Waals surface area contributed by atoms with Crippen LogP contribution in [0.4, 0.5) is 0 Å². The largest absolute Gasteiger partial charge is 0.352 e. The van der Waals surface area contributed by atoms with Gasteiger partial charge in [0.25, 0.3) is 5.91 Å². The second-order valence-corrected chi connectivity index (χ2v) is 7.83. The molecule has 1 heterocycles. The van der Waals surface area contributed by atoms with E-state index in [1.165, 1.54) is 0 Å². The molecule has 2 rings (SSSR count). The van der Waals surface area contributed by atoms with E-state index < -0.39 is 0 Å². The Balaban J connectivity index is 1.80. The lowest BCUT2D eigenvalue weighted by atomic mass is 9.95. The van der Waals surface area contributed by atoms with Crippen molar-refractivity contribution in [2.75, 3.05) is 20.1 Å². The maximum absolute atomic E-state index is 12.4. The fraction of sp³-hybridized carbons (Fsp3) is 0.591. The summed E-state index contributed by atoms with van der Waals surface area (Å²) in [6, 6.07) is 7.53. The second kappa shape index (κ2) is 10.2. The molecule has 154 valence electrons. The summed E-state index contributed by atoms with van der Waals surface area (Å²) in [4.78, 5) is 40.3. The average molecular weight is 388 g/mol. The van der Waals surface area contributed by atoms with Gasteiger partial charge in [-0.05, 0) is 50.8 Å². The van der Waals surface area contributed by atoms with Crippen molar-refractivity contribution in [1.29, 1.82) is 0 Å². The van der Waals surface area contributed by atoms with E-state index in [1.54, 1.807) is 24.1 Å². The topological polar surface area (TPSA) is 69.7 Å². The number of likely N-dealkylation sites (tertiary alicyclic amines) is 1. The predicted octanol–water partition coefficient (Wildman–Crippen LogP) is 2.82. The van der Waals surface area contributed by atoms with Gasteiger partial charge in [-0.15, -0.1) is 0 Å². The zero-order valence-corrected chi connectivity index (χ0v) is 17.5. The lowest BCUT2D eigenvalue weighted by molar-refractivity contribution is -0.135. The van der Waals surface area contributed by atoms with E-state index in [-0.39, 0.29) is 29.7 Å². The van der Waals surface area contributed by atoms with Gasteiger partial charge in [-0.25, -0.2) is 0 Å². The van der Waals surface area contributed by atoms with Gasteiger partial charge in [0.05, 0.1) is 0 Å². The number of hydrogen-bond acceptors (Lipinski definition) is 3. The maximum atomic E-state index is 12.4. The first-order valence-electron chi connectivity index (χ1n) is 10.2. The quantitative estimate of drug-likeness (QED) is 0.782. The predicted molar refractivity (Wildman–Crippen MR) is 110 cm³/mol. The highest BCUT2D eigenvalue weighted by atomic mass is 16.2. The Bertz CT molecular complexity index is 677. The monoisotopic (exact) mass is 387 g/mol. The minimum atomic E-state index is -0.0359. The van der Waals surface area contributed by atoms with Crippen LogP contribution in [0.15, 0.2) is 24.3 Å². The molecule has 1 N–H and O–H groups in total. The molecular weight excluding hydrogens is 354 g/mol. The van der Waals surface area contributed by atoms with Gasteiger partial charge in [-0.1, -0.05) is 19.1 Å². The van der Waals surface area contributed by atoms with Crippen LogP contribution in [0.25, 0.3) is 0 Å². The Kier molecular flexibility index (Phi) is 8.03. The lowest BCUT2D eigenvalue weighted by Gasteiger charge is -2.31. The molecule has 1 aromatic rings. The molecule has 0 aromatic heterocycles. The first kappa shape index (κ1) is 21.9. The highest BCUT2D eigenvalue weighted by Crippen LogP contribution is 2.18. The summed E-state index contributed by atoms with van der Waals surface area (Å²) < 4.78 is 0. The van der Waals surface area contributed by atoms with Crippen LogP contribution < -0.4 is 5.32 Å². The van der Waals surface area contributed by atoms with Gasteiger partial charge in [0.15, 0.2) is 0 Å². The number of benzene rings is 1. The molecule has 1 aliphatic heterocycles. The van der Waals surface area contributed by atoms with Crippen molar-refractivity contribution in [2.45, 2.75) is 59.0 Å². The standard InChI is InChI=1S/C22H33N3O3/c1-5-6-20(26)25-13-11-18(12-14-25)21(27)23-15-17-7-9-19(10-8-17)22(28)24(4)16(2)3/h7-10,16,18H,5-6,11-15H2,1-4H3,(H,23,27). The number of hydrogen-bond donors (Lipinski definition) is 1. The van der Waals surface area contributed by atoms with E-state index in [1.807, 2.05) is 37.8 Å². The van der Waals surface area contributed by atoms with Crippen molar-refractivity contribution in [3.05, 3.63) is 35.4 Å². The fourth-order valence-corrected chi connectivity index (χ4v) is 3.30. The molecule has 3 amide bonds. The second-order valence-electron chi connectivity index (χ2n) is 7.83. The molecule has 0 aliphatic carbocycles. The van der Waals surface area contributed by atoms with Crippen molar-refractivity contribution >= 4 is 17.7 Å². The zero-order valence-electron chi connectivity index (χ0n) is 17.5. The third-order valence-electron chi connectivity index (χ3n) is 5.44. The summed E-state index contributed by atoms with van der Waals surface area (Å²) in [5.41, 5.74) is 1.61. The first-order valence-corrected chi connectivity index (χ1v) is 10.2. The third-order valence-corrected chi connectivity index (χ3v) is 5.44. The molecule has 1 saturated heterocycles. The van der Waals surface area contributed by atoms with Gasteiger partial charge >= 0.3 is 0 Å². The molecule has 1 aliphatic rings. The molecule has 0 spiro atoms. The van der Waals surface area contributed by atoms with Crippen molar-refractivity contribution < 1.29 is 14.4 Å². The summed E-state index contributed by atoms with van der Waals surface area (Å²) in [7, 11) is 1.79. The number of piperidine rings is 1. The molecule has 1 fully saturated rings. The van der Waals surface area contributed by atoms with Gasteiger partial charge in [-0.3, -0.25) is 14.4 Å². The van der Waals surface area contributed by atoms with Crippen LogP contribution in [-0.2, 0) is 16.1 Å². The van der Waals surface area contributed by atoms with Crippen molar-refractivity contribution in [3.63, 3.8) is 0 Å². The zero-order chi connectivity index (χ0) is 20.7. The normalized spacial score (nSPS) is 14.8. The Labute approximate surface area is 168 Å². The van der Waals surface area contributed by atoms with Crippen LogP contribution in [0.2, 0.25) is 0 Å². The number of carbonyl (C=O) groups is 3. The molecule has 6 heteroatoms. The molecule has 0 bridgehead atoms. The summed E-state index contributed by atoms with van der Waals surface area (Å²) in [6.45, 7) is 7.73. The smallest absolute Gasteiger partial charge is 0.253 e. The van der Waals surface area contributed by atoms with Crippen molar-refractivity contribution in [1.82, 2.24) is 15.1 Å². The van der Waals surface area contributed by atoms with Gasteiger partial charge in [0.2, 0.25) is 11.8 Å². The fourth-order valence-electron chi connectivity index (χ4n) is 3.30. The summed E-state index contributed by atoms with van der Waals surface area (Å²) in [5.74, 6) is 0.197. The minimum absolute atomic E-state index is 0.00466. The minimum Gasteiger partial charge on any atom is -0.352 e. The van der Waals surface area contributed by atoms with E-state index in [2.05, 4.69) is 5.32 Å². The summed E-state index contributed by atoms with van der Waals surface area (Å²) >= 11 is 0. The van der Waals surface area contributed by atoms with Crippen LogP contribution in [0.5, 0.6) is 0 Å². The van der Waals surface area contributed by atoms with Crippen LogP contribution in [-0.4, -0.2) is 53.7 Å². The number of rotatable bonds is 7. The van der Waals surface area contributed by atoms with E-state index in [0.29, 0.717) is 31.6 Å². The SMILES string of the molecule is CCCC(=O)N1CCC(C(=O)NCc2ccc(C(=O)N(C)C(C)C)cc2)CC1. The van der Waals surface area contributed by atoms with Gasteiger partial charge in [0, 0.05) is 50.6 Å². The van der Waals surface area contributed by atoms with Crippen molar-refractivity contribution in [2.24, 2.45) is 5.92 Å². The Morgan fingerprint density at radius 1 is 1.14 bits per heavy atom. The van der Waals surface area contributed by atoms with Crippen LogP contribution >= 0.6 is 0 Å². The molecule has 6 nitrogen and oxygen atoms in total. The number of nitrogens with one attached hydrogen (secondary N) is 1. The van der Waals surface area contributed by atoms with Gasteiger partial charge < -0.3 is 15.1 Å². The molecule has 0 atom stereocenters. The maximum Gasteiger partial charge on any atom is 0.253 e. The van der Waals surface area contributed by atoms with E-state index in [4.69, 9.17) is 0 Å². The highest BCUT2D eigenvalue weighted by molar-refractivity contribution is 5.94. The van der Waals surface area contributed by atoms with Gasteiger partial charge in [0.1, 0.15) is 0 Å². The van der Waals surface area contributed by atoms with E-state index in [9.17, 15) is 14.4 Å². The van der Waals surface area contributed by atoms with E-state index >= 15 is 0 Å². The molecule has 0 saturated carbocycles. The van der Waals surface area contributed by atoms with Gasteiger partial charge in [-0.2, -0.15) is 0 Å². The molecule has 1 aromatic carbocycles. The third kappa shape index (κ3) is 5.81. The van der Waals surface area contributed by atoms with Crippen LogP contribution in [0.1, 0.15) is 62.4 Å². The first-order chi connectivity index (χ1) is 13.3. The lowest BCUT2D eigenvalue weighted by Crippen LogP contribution is -2.42. The summed E-state index contributed by atoms with van der Waals surface area (Å²) in [6.07, 6.45) is 2.88. The number of carbonyl (C=O) groups excluding carboxylic acids is 3. The molecular formula is C22H33N3O3. The Morgan fingerprint density at radius 2 is 1.75 bits per heavy atom. The Hall–Kier alpha value is -2.37. The number of amides is 3. The Morgan fingerprint density at radius 3 is 2.29 bits per heavy atom. The molecule has 28 heavy (non-hydrogen) atoms.